The molecule has 2 unspecified atom stereocenters. The minimum Gasteiger partial charge on any atom is -0.356 e. The van der Waals surface area contributed by atoms with E-state index >= 15 is 0 Å². The Morgan fingerprint density at radius 2 is 2.00 bits per heavy atom. The molecule has 0 spiro atoms. The Morgan fingerprint density at radius 1 is 1.23 bits per heavy atom. The summed E-state index contributed by atoms with van der Waals surface area (Å²) in [6.07, 6.45) is 4.84. The van der Waals surface area contributed by atoms with Crippen molar-refractivity contribution < 1.29 is 0 Å². The quantitative estimate of drug-likeness (QED) is 0.551. The number of hydrogen-bond donors (Lipinski definition) is 2. The van der Waals surface area contributed by atoms with Gasteiger partial charge in [-0.05, 0) is 56.6 Å². The molecule has 1 aliphatic heterocycles. The SMILES string of the molecule is CN=C(NCC1CCCN(CC(C)C)C1)NC(C)CCc1ccccc1. The third kappa shape index (κ3) is 7.77. The van der Waals surface area contributed by atoms with Crippen LogP contribution in [0.15, 0.2) is 35.3 Å². The summed E-state index contributed by atoms with van der Waals surface area (Å²) >= 11 is 0. The first-order valence-electron chi connectivity index (χ1n) is 10.3. The Morgan fingerprint density at radius 3 is 2.69 bits per heavy atom. The Bertz CT molecular complexity index is 526. The van der Waals surface area contributed by atoms with Gasteiger partial charge in [0.2, 0.25) is 0 Å². The van der Waals surface area contributed by atoms with Crippen molar-refractivity contribution in [1.82, 2.24) is 15.5 Å². The van der Waals surface area contributed by atoms with Gasteiger partial charge >= 0.3 is 0 Å². The molecule has 1 aromatic carbocycles. The van der Waals surface area contributed by atoms with Crippen LogP contribution in [0.1, 0.15) is 45.6 Å². The predicted molar refractivity (Wildman–Crippen MR) is 113 cm³/mol. The molecule has 2 N–H and O–H groups in total. The molecule has 0 aliphatic carbocycles. The van der Waals surface area contributed by atoms with Gasteiger partial charge in [-0.2, -0.15) is 0 Å². The van der Waals surface area contributed by atoms with E-state index in [1.165, 1.54) is 38.0 Å². The highest BCUT2D eigenvalue weighted by Crippen LogP contribution is 2.16. The van der Waals surface area contributed by atoms with E-state index in [0.29, 0.717) is 6.04 Å². The largest absolute Gasteiger partial charge is 0.356 e. The monoisotopic (exact) mass is 358 g/mol. The molecule has 4 nitrogen and oxygen atoms in total. The molecule has 0 aromatic heterocycles. The molecule has 2 rings (SSSR count). The Kier molecular flexibility index (Phi) is 8.96. The molecule has 0 amide bonds. The van der Waals surface area contributed by atoms with E-state index in [0.717, 1.165) is 37.2 Å². The van der Waals surface area contributed by atoms with E-state index in [1.807, 2.05) is 7.05 Å². The first kappa shape index (κ1) is 20.8. The Balaban J connectivity index is 1.69. The summed E-state index contributed by atoms with van der Waals surface area (Å²) < 4.78 is 0. The number of piperidine rings is 1. The second-order valence-corrected chi connectivity index (χ2v) is 8.18. The van der Waals surface area contributed by atoms with Crippen LogP contribution in [0.4, 0.5) is 0 Å². The van der Waals surface area contributed by atoms with Gasteiger partial charge in [-0.3, -0.25) is 4.99 Å². The minimum absolute atomic E-state index is 0.408. The van der Waals surface area contributed by atoms with Crippen molar-refractivity contribution in [2.75, 3.05) is 33.2 Å². The smallest absolute Gasteiger partial charge is 0.191 e. The fraction of sp³-hybridized carbons (Fsp3) is 0.682. The fourth-order valence-electron chi connectivity index (χ4n) is 3.77. The molecule has 1 heterocycles. The van der Waals surface area contributed by atoms with Crippen LogP contribution < -0.4 is 10.6 Å². The van der Waals surface area contributed by atoms with Crippen LogP contribution in [0.25, 0.3) is 0 Å². The van der Waals surface area contributed by atoms with Crippen LogP contribution >= 0.6 is 0 Å². The molecule has 1 fully saturated rings. The van der Waals surface area contributed by atoms with Crippen molar-refractivity contribution in [1.29, 1.82) is 0 Å². The van der Waals surface area contributed by atoms with E-state index in [9.17, 15) is 0 Å². The zero-order chi connectivity index (χ0) is 18.8. The number of nitrogens with one attached hydrogen (secondary N) is 2. The lowest BCUT2D eigenvalue weighted by Gasteiger charge is -2.34. The van der Waals surface area contributed by atoms with E-state index in [2.05, 4.69) is 71.6 Å². The molecule has 0 saturated carbocycles. The zero-order valence-corrected chi connectivity index (χ0v) is 17.2. The second-order valence-electron chi connectivity index (χ2n) is 8.18. The number of aryl methyl sites for hydroxylation is 1. The van der Waals surface area contributed by atoms with Gasteiger partial charge in [0.05, 0.1) is 0 Å². The molecule has 1 aliphatic rings. The number of nitrogens with zero attached hydrogens (tertiary/aromatic N) is 2. The first-order valence-corrected chi connectivity index (χ1v) is 10.3. The maximum absolute atomic E-state index is 4.42. The average molecular weight is 359 g/mol. The van der Waals surface area contributed by atoms with Crippen molar-refractivity contribution in [3.05, 3.63) is 35.9 Å². The number of hydrogen-bond acceptors (Lipinski definition) is 2. The van der Waals surface area contributed by atoms with E-state index < -0.39 is 0 Å². The standard InChI is InChI=1S/C22H38N4/c1-18(2)16-26-14-8-11-21(17-26)15-24-22(23-4)25-19(3)12-13-20-9-6-5-7-10-20/h5-7,9-10,18-19,21H,8,11-17H2,1-4H3,(H2,23,24,25). The van der Waals surface area contributed by atoms with Crippen LogP contribution in [-0.4, -0.2) is 50.1 Å². The van der Waals surface area contributed by atoms with Gasteiger partial charge in [-0.15, -0.1) is 0 Å². The number of rotatable bonds is 8. The van der Waals surface area contributed by atoms with E-state index in [-0.39, 0.29) is 0 Å². The van der Waals surface area contributed by atoms with Gasteiger partial charge in [-0.1, -0.05) is 44.2 Å². The van der Waals surface area contributed by atoms with Crippen LogP contribution in [0.5, 0.6) is 0 Å². The van der Waals surface area contributed by atoms with Gasteiger partial charge in [0.1, 0.15) is 0 Å². The van der Waals surface area contributed by atoms with Gasteiger partial charge in [0.15, 0.2) is 5.96 Å². The van der Waals surface area contributed by atoms with E-state index in [1.54, 1.807) is 0 Å². The summed E-state index contributed by atoms with van der Waals surface area (Å²) in [7, 11) is 1.87. The minimum atomic E-state index is 0.408. The molecule has 0 radical (unpaired) electrons. The van der Waals surface area contributed by atoms with Crippen LogP contribution in [0, 0.1) is 11.8 Å². The zero-order valence-electron chi connectivity index (χ0n) is 17.2. The number of likely N-dealkylation sites (tertiary alicyclic amines) is 1. The summed E-state index contributed by atoms with van der Waals surface area (Å²) in [5.41, 5.74) is 1.40. The Hall–Kier alpha value is -1.55. The lowest BCUT2D eigenvalue weighted by molar-refractivity contribution is 0.159. The van der Waals surface area contributed by atoms with Crippen molar-refractivity contribution in [3.8, 4) is 0 Å². The molecule has 1 aromatic rings. The van der Waals surface area contributed by atoms with Crippen LogP contribution in [0.3, 0.4) is 0 Å². The van der Waals surface area contributed by atoms with Gasteiger partial charge < -0.3 is 15.5 Å². The highest BCUT2D eigenvalue weighted by Gasteiger charge is 2.20. The van der Waals surface area contributed by atoms with E-state index in [4.69, 9.17) is 0 Å². The highest BCUT2D eigenvalue weighted by atomic mass is 15.2. The normalized spacial score (nSPS) is 20.2. The highest BCUT2D eigenvalue weighted by molar-refractivity contribution is 5.79. The summed E-state index contributed by atoms with van der Waals surface area (Å²) in [5, 5.41) is 7.10. The van der Waals surface area contributed by atoms with Crippen molar-refractivity contribution in [2.45, 2.75) is 52.5 Å². The molecule has 146 valence electrons. The molecule has 2 atom stereocenters. The Labute approximate surface area is 160 Å². The lowest BCUT2D eigenvalue weighted by Crippen LogP contribution is -2.47. The van der Waals surface area contributed by atoms with Crippen LogP contribution in [0.2, 0.25) is 0 Å². The topological polar surface area (TPSA) is 39.7 Å². The maximum Gasteiger partial charge on any atom is 0.191 e. The van der Waals surface area contributed by atoms with Crippen molar-refractivity contribution in [3.63, 3.8) is 0 Å². The number of guanidine groups is 1. The summed E-state index contributed by atoms with van der Waals surface area (Å²) in [5.74, 6) is 2.41. The summed E-state index contributed by atoms with van der Waals surface area (Å²) in [4.78, 5) is 7.04. The average Bonchev–Trinajstić information content (AvgIpc) is 2.64. The summed E-state index contributed by atoms with van der Waals surface area (Å²) in [6, 6.07) is 11.1. The molecular weight excluding hydrogens is 320 g/mol. The third-order valence-corrected chi connectivity index (χ3v) is 5.10. The summed E-state index contributed by atoms with van der Waals surface area (Å²) in [6.45, 7) is 11.6. The maximum atomic E-state index is 4.42. The lowest BCUT2D eigenvalue weighted by atomic mass is 9.97. The fourth-order valence-corrected chi connectivity index (χ4v) is 3.77. The van der Waals surface area contributed by atoms with Crippen LogP contribution in [-0.2, 0) is 6.42 Å². The van der Waals surface area contributed by atoms with Crippen molar-refractivity contribution >= 4 is 5.96 Å². The number of aliphatic imine (C=N–C) groups is 1. The molecular formula is C22H38N4. The molecule has 0 bridgehead atoms. The first-order chi connectivity index (χ1) is 12.6. The van der Waals surface area contributed by atoms with Gasteiger partial charge in [-0.25, -0.2) is 0 Å². The third-order valence-electron chi connectivity index (χ3n) is 5.10. The molecule has 26 heavy (non-hydrogen) atoms. The number of benzene rings is 1. The predicted octanol–water partition coefficient (Wildman–Crippen LogP) is 3.54. The molecule has 1 saturated heterocycles. The second kappa shape index (κ2) is 11.2. The molecule has 4 heteroatoms. The van der Waals surface area contributed by atoms with Crippen molar-refractivity contribution in [2.24, 2.45) is 16.8 Å². The van der Waals surface area contributed by atoms with Gasteiger partial charge in [0, 0.05) is 32.7 Å². The van der Waals surface area contributed by atoms with Gasteiger partial charge in [0.25, 0.3) is 0 Å².